The molecule has 1 N–H and O–H groups in total. The van der Waals surface area contributed by atoms with Crippen molar-refractivity contribution in [3.05, 3.63) is 0 Å². The third kappa shape index (κ3) is 12.2. The molecule has 0 aliphatic rings. The molecule has 0 aliphatic carbocycles. The number of ether oxygens (including phenoxy) is 1. The van der Waals surface area contributed by atoms with Crippen molar-refractivity contribution in [2.45, 2.75) is 64.6 Å². The number of halogens is 3. The van der Waals surface area contributed by atoms with Crippen LogP contribution in [0.5, 0.6) is 0 Å². The first-order chi connectivity index (χ1) is 8.49. The zero-order valence-electron chi connectivity index (χ0n) is 11.5. The van der Waals surface area contributed by atoms with Gasteiger partial charge < -0.3 is 10.1 Å². The highest BCUT2D eigenvalue weighted by Gasteiger charge is 2.27. The Morgan fingerprint density at radius 1 is 1.06 bits per heavy atom. The van der Waals surface area contributed by atoms with E-state index in [1.54, 1.807) is 0 Å². The Balaban J connectivity index is 3.64. The first kappa shape index (κ1) is 17.7. The fourth-order valence-electron chi connectivity index (χ4n) is 1.84. The van der Waals surface area contributed by atoms with Gasteiger partial charge >= 0.3 is 6.18 Å². The normalized spacial score (nSPS) is 13.8. The van der Waals surface area contributed by atoms with Gasteiger partial charge in [-0.25, -0.2) is 0 Å². The lowest BCUT2D eigenvalue weighted by Gasteiger charge is -2.18. The number of hydrogen-bond acceptors (Lipinski definition) is 2. The molecular weight excluding hydrogens is 243 g/mol. The minimum Gasteiger partial charge on any atom is -0.370 e. The zero-order valence-corrected chi connectivity index (χ0v) is 11.5. The van der Waals surface area contributed by atoms with Crippen molar-refractivity contribution in [1.29, 1.82) is 0 Å². The van der Waals surface area contributed by atoms with E-state index in [-0.39, 0.29) is 12.6 Å². The molecule has 1 unspecified atom stereocenters. The molecule has 0 radical (unpaired) electrons. The van der Waals surface area contributed by atoms with E-state index in [9.17, 15) is 13.2 Å². The van der Waals surface area contributed by atoms with Gasteiger partial charge in [-0.05, 0) is 13.0 Å². The summed E-state index contributed by atoms with van der Waals surface area (Å²) in [7, 11) is 0. The summed E-state index contributed by atoms with van der Waals surface area (Å²) in [6, 6.07) is 0.0407. The minimum atomic E-state index is -4.22. The van der Waals surface area contributed by atoms with Crippen LogP contribution >= 0.6 is 0 Å². The van der Waals surface area contributed by atoms with E-state index in [2.05, 4.69) is 12.2 Å². The van der Waals surface area contributed by atoms with Gasteiger partial charge in [0.15, 0.2) is 0 Å². The summed E-state index contributed by atoms with van der Waals surface area (Å²) in [5, 5.41) is 3.17. The lowest BCUT2D eigenvalue weighted by Crippen LogP contribution is -2.34. The molecule has 0 aliphatic heterocycles. The molecule has 0 rings (SSSR count). The molecule has 0 fully saturated rings. The maximum absolute atomic E-state index is 11.9. The molecule has 1 atom stereocenters. The molecule has 0 aromatic carbocycles. The third-order valence-electron chi connectivity index (χ3n) is 2.73. The van der Waals surface area contributed by atoms with Crippen molar-refractivity contribution in [2.75, 3.05) is 19.8 Å². The zero-order chi connectivity index (χ0) is 13.9. The van der Waals surface area contributed by atoms with Crippen LogP contribution in [0.2, 0.25) is 0 Å². The molecule has 0 aromatic heterocycles. The van der Waals surface area contributed by atoms with Crippen molar-refractivity contribution in [3.8, 4) is 0 Å². The van der Waals surface area contributed by atoms with Crippen molar-refractivity contribution in [2.24, 2.45) is 0 Å². The number of unbranched alkanes of at least 4 members (excludes halogenated alkanes) is 4. The SMILES string of the molecule is CCCCCCCC(COCC(F)(F)F)NCC. The fourth-order valence-corrected chi connectivity index (χ4v) is 1.84. The lowest BCUT2D eigenvalue weighted by atomic mass is 10.1. The molecule has 18 heavy (non-hydrogen) atoms. The van der Waals surface area contributed by atoms with Crippen LogP contribution in [0.1, 0.15) is 52.4 Å². The van der Waals surface area contributed by atoms with E-state index < -0.39 is 12.8 Å². The Labute approximate surface area is 108 Å². The Bertz CT molecular complexity index is 186. The lowest BCUT2D eigenvalue weighted by molar-refractivity contribution is -0.175. The van der Waals surface area contributed by atoms with Crippen molar-refractivity contribution >= 4 is 0 Å². The number of nitrogens with one attached hydrogen (secondary N) is 1. The first-order valence-corrected chi connectivity index (χ1v) is 6.87. The molecule has 110 valence electrons. The van der Waals surface area contributed by atoms with Gasteiger partial charge in [0.1, 0.15) is 6.61 Å². The largest absolute Gasteiger partial charge is 0.411 e. The smallest absolute Gasteiger partial charge is 0.370 e. The van der Waals surface area contributed by atoms with Gasteiger partial charge in [-0.2, -0.15) is 13.2 Å². The standard InChI is InChI=1S/C13H26F3NO/c1-3-5-6-7-8-9-12(17-4-2)10-18-11-13(14,15)16/h12,17H,3-11H2,1-2H3. The second-order valence-corrected chi connectivity index (χ2v) is 4.59. The Hall–Kier alpha value is -0.290. The van der Waals surface area contributed by atoms with Crippen molar-refractivity contribution in [3.63, 3.8) is 0 Å². The number of likely N-dealkylation sites (N-methyl/N-ethyl adjacent to an activating group) is 1. The van der Waals surface area contributed by atoms with Crippen LogP contribution in [0.3, 0.4) is 0 Å². The monoisotopic (exact) mass is 269 g/mol. The van der Waals surface area contributed by atoms with Gasteiger partial charge in [-0.1, -0.05) is 46.0 Å². The Kier molecular flexibility index (Phi) is 10.4. The van der Waals surface area contributed by atoms with Crippen LogP contribution in [-0.4, -0.2) is 32.0 Å². The summed E-state index contributed by atoms with van der Waals surface area (Å²) in [5.41, 5.74) is 0. The van der Waals surface area contributed by atoms with E-state index in [1.807, 2.05) is 6.92 Å². The Morgan fingerprint density at radius 2 is 1.72 bits per heavy atom. The number of hydrogen-bond donors (Lipinski definition) is 1. The quantitative estimate of drug-likeness (QED) is 0.574. The summed E-state index contributed by atoms with van der Waals surface area (Å²) < 4.78 is 40.5. The molecule has 0 saturated heterocycles. The van der Waals surface area contributed by atoms with Crippen molar-refractivity contribution < 1.29 is 17.9 Å². The Morgan fingerprint density at radius 3 is 2.28 bits per heavy atom. The molecule has 5 heteroatoms. The van der Waals surface area contributed by atoms with Crippen LogP contribution in [0.15, 0.2) is 0 Å². The molecule has 0 bridgehead atoms. The van der Waals surface area contributed by atoms with E-state index in [0.717, 1.165) is 25.8 Å². The highest BCUT2D eigenvalue weighted by atomic mass is 19.4. The second kappa shape index (κ2) is 10.6. The van der Waals surface area contributed by atoms with Crippen LogP contribution in [0, 0.1) is 0 Å². The van der Waals surface area contributed by atoms with E-state index in [0.29, 0.717) is 0 Å². The molecule has 2 nitrogen and oxygen atoms in total. The first-order valence-electron chi connectivity index (χ1n) is 6.87. The predicted molar refractivity (Wildman–Crippen MR) is 67.7 cm³/mol. The second-order valence-electron chi connectivity index (χ2n) is 4.59. The van der Waals surface area contributed by atoms with Gasteiger partial charge in [0, 0.05) is 6.04 Å². The minimum absolute atomic E-state index is 0.0407. The van der Waals surface area contributed by atoms with Crippen molar-refractivity contribution in [1.82, 2.24) is 5.32 Å². The highest BCUT2D eigenvalue weighted by molar-refractivity contribution is 4.65. The summed E-state index contributed by atoms with van der Waals surface area (Å²) in [4.78, 5) is 0. The fraction of sp³-hybridized carbons (Fsp3) is 1.00. The van der Waals surface area contributed by atoms with Gasteiger partial charge in [0.05, 0.1) is 6.61 Å². The molecule has 0 aromatic rings. The van der Waals surface area contributed by atoms with E-state index in [4.69, 9.17) is 4.74 Å². The summed E-state index contributed by atoms with van der Waals surface area (Å²) in [6.45, 7) is 3.86. The average molecular weight is 269 g/mol. The van der Waals surface area contributed by atoms with Gasteiger partial charge in [-0.3, -0.25) is 0 Å². The van der Waals surface area contributed by atoms with Crippen LogP contribution in [0.25, 0.3) is 0 Å². The van der Waals surface area contributed by atoms with Crippen LogP contribution in [-0.2, 0) is 4.74 Å². The van der Waals surface area contributed by atoms with Crippen LogP contribution < -0.4 is 5.32 Å². The summed E-state index contributed by atoms with van der Waals surface area (Å²) in [5.74, 6) is 0. The highest BCUT2D eigenvalue weighted by Crippen LogP contribution is 2.15. The third-order valence-corrected chi connectivity index (χ3v) is 2.73. The molecule has 0 amide bonds. The molecule has 0 saturated carbocycles. The predicted octanol–water partition coefficient (Wildman–Crippen LogP) is 3.90. The summed E-state index contributed by atoms with van der Waals surface area (Å²) >= 11 is 0. The summed E-state index contributed by atoms with van der Waals surface area (Å²) in [6.07, 6.45) is 2.50. The maximum atomic E-state index is 11.9. The molecule has 0 heterocycles. The average Bonchev–Trinajstić information content (AvgIpc) is 2.27. The van der Waals surface area contributed by atoms with Crippen LogP contribution in [0.4, 0.5) is 13.2 Å². The van der Waals surface area contributed by atoms with Gasteiger partial charge in [0.2, 0.25) is 0 Å². The van der Waals surface area contributed by atoms with E-state index >= 15 is 0 Å². The topological polar surface area (TPSA) is 21.3 Å². The molecule has 0 spiro atoms. The molecular formula is C13H26F3NO. The van der Waals surface area contributed by atoms with E-state index in [1.165, 1.54) is 19.3 Å². The van der Waals surface area contributed by atoms with Gasteiger partial charge in [-0.15, -0.1) is 0 Å². The number of alkyl halides is 3. The van der Waals surface area contributed by atoms with Gasteiger partial charge in [0.25, 0.3) is 0 Å². The maximum Gasteiger partial charge on any atom is 0.411 e. The number of rotatable bonds is 11.